The Morgan fingerprint density at radius 1 is 1.09 bits per heavy atom. The molecule has 126 valence electrons. The molecule has 3 nitrogen and oxygen atoms in total. The highest BCUT2D eigenvalue weighted by Gasteiger charge is 2.51. The molecule has 0 amide bonds. The Morgan fingerprint density at radius 3 is 2.36 bits per heavy atom. The van der Waals surface area contributed by atoms with Crippen LogP contribution < -0.4 is 0 Å². The molecular formula is C18H32FN3. The van der Waals surface area contributed by atoms with E-state index in [2.05, 4.69) is 51.9 Å². The van der Waals surface area contributed by atoms with Gasteiger partial charge in [-0.3, -0.25) is 0 Å². The third-order valence-electron chi connectivity index (χ3n) is 5.95. The summed E-state index contributed by atoms with van der Waals surface area (Å²) >= 11 is 0. The zero-order chi connectivity index (χ0) is 16.6. The van der Waals surface area contributed by atoms with Gasteiger partial charge in [0, 0.05) is 5.41 Å². The fourth-order valence-electron chi connectivity index (χ4n) is 3.35. The van der Waals surface area contributed by atoms with Gasteiger partial charge in [-0.1, -0.05) is 39.3 Å². The standard InChI is InChI=1S/C18H32FN3/c1-7-16(3,4)18(19)13-11-9-10-12-14-15(18)22(21-20-14)17(5,6)8-2/h7-13H2,1-6H3. The maximum atomic E-state index is 16.4. The van der Waals surface area contributed by atoms with Crippen LogP contribution in [0.15, 0.2) is 0 Å². The highest BCUT2D eigenvalue weighted by molar-refractivity contribution is 5.24. The summed E-state index contributed by atoms with van der Waals surface area (Å²) < 4.78 is 18.3. The smallest absolute Gasteiger partial charge is 0.159 e. The van der Waals surface area contributed by atoms with Gasteiger partial charge >= 0.3 is 0 Å². The predicted octanol–water partition coefficient (Wildman–Crippen LogP) is 5.14. The maximum Gasteiger partial charge on any atom is 0.159 e. The van der Waals surface area contributed by atoms with Gasteiger partial charge in [-0.25, -0.2) is 9.07 Å². The minimum Gasteiger partial charge on any atom is -0.240 e. The minimum atomic E-state index is -1.35. The zero-order valence-corrected chi connectivity index (χ0v) is 15.2. The van der Waals surface area contributed by atoms with Crippen molar-refractivity contribution < 1.29 is 4.39 Å². The van der Waals surface area contributed by atoms with Crippen molar-refractivity contribution in [3.05, 3.63) is 11.4 Å². The largest absolute Gasteiger partial charge is 0.240 e. The van der Waals surface area contributed by atoms with Crippen molar-refractivity contribution in [2.45, 2.75) is 97.7 Å². The monoisotopic (exact) mass is 309 g/mol. The van der Waals surface area contributed by atoms with E-state index in [1.54, 1.807) is 0 Å². The molecule has 0 spiro atoms. The van der Waals surface area contributed by atoms with Gasteiger partial charge in [-0.15, -0.1) is 5.10 Å². The Bertz CT molecular complexity index is 518. The first-order valence-corrected chi connectivity index (χ1v) is 8.84. The van der Waals surface area contributed by atoms with Crippen molar-refractivity contribution in [3.63, 3.8) is 0 Å². The Morgan fingerprint density at radius 2 is 1.77 bits per heavy atom. The number of rotatable bonds is 4. The second-order valence-corrected chi connectivity index (χ2v) is 8.06. The van der Waals surface area contributed by atoms with Gasteiger partial charge in [0.15, 0.2) is 5.67 Å². The summed E-state index contributed by atoms with van der Waals surface area (Å²) in [5.41, 5.74) is -0.340. The highest BCUT2D eigenvalue weighted by Crippen LogP contribution is 2.51. The maximum absolute atomic E-state index is 16.4. The highest BCUT2D eigenvalue weighted by atomic mass is 19.1. The van der Waals surface area contributed by atoms with Crippen LogP contribution >= 0.6 is 0 Å². The molecule has 2 rings (SSSR count). The van der Waals surface area contributed by atoms with Gasteiger partial charge in [0.1, 0.15) is 5.69 Å². The molecule has 1 aromatic rings. The fraction of sp³-hybridized carbons (Fsp3) is 0.889. The van der Waals surface area contributed by atoms with Crippen LogP contribution in [0.5, 0.6) is 0 Å². The molecule has 0 bridgehead atoms. The first-order valence-electron chi connectivity index (χ1n) is 8.84. The third-order valence-corrected chi connectivity index (χ3v) is 5.95. The van der Waals surface area contributed by atoms with E-state index in [0.717, 1.165) is 49.9 Å². The molecule has 0 saturated carbocycles. The number of halogens is 1. The van der Waals surface area contributed by atoms with Gasteiger partial charge in [0.25, 0.3) is 0 Å². The quantitative estimate of drug-likeness (QED) is 0.771. The average molecular weight is 309 g/mol. The van der Waals surface area contributed by atoms with Crippen molar-refractivity contribution in [1.29, 1.82) is 0 Å². The molecule has 0 saturated heterocycles. The van der Waals surface area contributed by atoms with Crippen LogP contribution in [0.1, 0.15) is 91.5 Å². The van der Waals surface area contributed by atoms with Crippen molar-refractivity contribution in [3.8, 4) is 0 Å². The number of hydrogen-bond acceptors (Lipinski definition) is 2. The molecule has 0 radical (unpaired) electrons. The van der Waals surface area contributed by atoms with Gasteiger partial charge in [0.05, 0.1) is 11.2 Å². The van der Waals surface area contributed by atoms with E-state index < -0.39 is 11.1 Å². The molecule has 1 aromatic heterocycles. The lowest BCUT2D eigenvalue weighted by Gasteiger charge is -2.43. The third kappa shape index (κ3) is 2.69. The second kappa shape index (κ2) is 5.93. The molecule has 0 N–H and O–H groups in total. The normalized spacial score (nSPS) is 23.8. The van der Waals surface area contributed by atoms with E-state index in [0.29, 0.717) is 6.42 Å². The number of alkyl halides is 1. The summed E-state index contributed by atoms with van der Waals surface area (Å²) in [4.78, 5) is 0. The van der Waals surface area contributed by atoms with E-state index in [1.165, 1.54) is 0 Å². The summed E-state index contributed by atoms with van der Waals surface area (Å²) in [5, 5.41) is 8.78. The molecule has 1 aliphatic rings. The van der Waals surface area contributed by atoms with Gasteiger partial charge in [-0.2, -0.15) is 0 Å². The van der Waals surface area contributed by atoms with Crippen LogP contribution in [0.25, 0.3) is 0 Å². The van der Waals surface area contributed by atoms with Crippen LogP contribution in [0.2, 0.25) is 0 Å². The van der Waals surface area contributed by atoms with Crippen LogP contribution in [0, 0.1) is 5.41 Å². The van der Waals surface area contributed by atoms with E-state index in [9.17, 15) is 0 Å². The molecule has 0 fully saturated rings. The molecule has 22 heavy (non-hydrogen) atoms. The Kier molecular flexibility index (Phi) is 4.70. The molecule has 4 heteroatoms. The van der Waals surface area contributed by atoms with Gasteiger partial charge < -0.3 is 0 Å². The van der Waals surface area contributed by atoms with Crippen LogP contribution in [-0.4, -0.2) is 15.0 Å². The lowest BCUT2D eigenvalue weighted by Crippen LogP contribution is -2.43. The Hall–Kier alpha value is -0.930. The number of aromatic nitrogens is 3. The van der Waals surface area contributed by atoms with Crippen LogP contribution in [0.3, 0.4) is 0 Å². The summed E-state index contributed by atoms with van der Waals surface area (Å²) in [6.07, 6.45) is 6.24. The topological polar surface area (TPSA) is 30.7 Å². The minimum absolute atomic E-state index is 0.207. The van der Waals surface area contributed by atoms with Crippen molar-refractivity contribution in [2.24, 2.45) is 5.41 Å². The number of aryl methyl sites for hydroxylation is 1. The number of hydrogen-bond donors (Lipinski definition) is 0. The first-order chi connectivity index (χ1) is 10.2. The molecular weight excluding hydrogens is 277 g/mol. The second-order valence-electron chi connectivity index (χ2n) is 8.06. The zero-order valence-electron chi connectivity index (χ0n) is 15.2. The average Bonchev–Trinajstić information content (AvgIpc) is 2.89. The van der Waals surface area contributed by atoms with Crippen LogP contribution in [-0.2, 0) is 17.6 Å². The summed E-state index contributed by atoms with van der Waals surface area (Å²) in [5.74, 6) is 0. The van der Waals surface area contributed by atoms with Crippen LogP contribution in [0.4, 0.5) is 4.39 Å². The molecule has 1 unspecified atom stereocenters. The van der Waals surface area contributed by atoms with Crippen molar-refractivity contribution in [2.75, 3.05) is 0 Å². The Balaban J connectivity index is 2.68. The summed E-state index contributed by atoms with van der Waals surface area (Å²) in [7, 11) is 0. The first kappa shape index (κ1) is 17.4. The van der Waals surface area contributed by atoms with E-state index in [1.807, 2.05) is 4.68 Å². The lowest BCUT2D eigenvalue weighted by atomic mass is 9.68. The SMILES string of the molecule is CCC(C)(C)n1nnc2c1C(F)(C(C)(C)CC)CCCCC2. The van der Waals surface area contributed by atoms with Gasteiger partial charge in [-0.05, 0) is 52.4 Å². The lowest BCUT2D eigenvalue weighted by molar-refractivity contribution is -0.0166. The number of fused-ring (bicyclic) bond motifs is 1. The van der Waals surface area contributed by atoms with E-state index in [-0.39, 0.29) is 5.54 Å². The van der Waals surface area contributed by atoms with E-state index >= 15 is 4.39 Å². The molecule has 1 atom stereocenters. The molecule has 1 aliphatic carbocycles. The summed E-state index contributed by atoms with van der Waals surface area (Å²) in [6, 6.07) is 0. The fourth-order valence-corrected chi connectivity index (χ4v) is 3.35. The van der Waals surface area contributed by atoms with Gasteiger partial charge in [0.2, 0.25) is 0 Å². The number of nitrogens with zero attached hydrogens (tertiary/aromatic N) is 3. The Labute approximate surface area is 134 Å². The van der Waals surface area contributed by atoms with E-state index in [4.69, 9.17) is 0 Å². The molecule has 0 aromatic carbocycles. The summed E-state index contributed by atoms with van der Waals surface area (Å²) in [6.45, 7) is 12.6. The predicted molar refractivity (Wildman–Crippen MR) is 88.7 cm³/mol. The van der Waals surface area contributed by atoms with Crippen molar-refractivity contribution >= 4 is 0 Å². The van der Waals surface area contributed by atoms with Crippen molar-refractivity contribution in [1.82, 2.24) is 15.0 Å². The molecule has 0 aliphatic heterocycles. The molecule has 1 heterocycles.